The molecule has 1 amide bonds. The lowest BCUT2D eigenvalue weighted by Gasteiger charge is -2.07. The summed E-state index contributed by atoms with van der Waals surface area (Å²) in [6.07, 6.45) is 3.88. The van der Waals surface area contributed by atoms with Gasteiger partial charge in [0, 0.05) is 40.7 Å². The Kier molecular flexibility index (Phi) is 4.05. The van der Waals surface area contributed by atoms with Crippen molar-refractivity contribution in [1.29, 1.82) is 0 Å². The van der Waals surface area contributed by atoms with Crippen LogP contribution in [0, 0.1) is 10.1 Å². The summed E-state index contributed by atoms with van der Waals surface area (Å²) in [6, 6.07) is 11.2. The van der Waals surface area contributed by atoms with E-state index < -0.39 is 10.8 Å². The number of thiazole rings is 1. The van der Waals surface area contributed by atoms with Crippen molar-refractivity contribution >= 4 is 39.3 Å². The van der Waals surface area contributed by atoms with Crippen LogP contribution in [0.5, 0.6) is 0 Å². The van der Waals surface area contributed by atoms with Crippen molar-refractivity contribution in [1.82, 2.24) is 9.38 Å². The Morgan fingerprint density at radius 2 is 2.00 bits per heavy atom. The van der Waals surface area contributed by atoms with E-state index in [4.69, 9.17) is 5.73 Å². The molecule has 2 aromatic carbocycles. The van der Waals surface area contributed by atoms with Gasteiger partial charge in [-0.2, -0.15) is 0 Å². The molecule has 0 spiro atoms. The highest BCUT2D eigenvalue weighted by Crippen LogP contribution is 2.25. The summed E-state index contributed by atoms with van der Waals surface area (Å²) in [5.74, 6) is -0.451. The summed E-state index contributed by atoms with van der Waals surface area (Å²) >= 11 is 1.55. The number of hydrogen-bond donors (Lipinski definition) is 2. The molecule has 0 saturated heterocycles. The van der Waals surface area contributed by atoms with Gasteiger partial charge in [0.2, 0.25) is 0 Å². The minimum atomic E-state index is -0.614. The average molecular weight is 379 g/mol. The quantitative estimate of drug-likeness (QED) is 0.318. The number of amides is 1. The normalized spacial score (nSPS) is 10.8. The van der Waals surface area contributed by atoms with Gasteiger partial charge in [-0.15, -0.1) is 11.3 Å². The molecule has 3 N–H and O–H groups in total. The number of aromatic nitrogens is 2. The molecule has 0 fully saturated rings. The number of rotatable bonds is 4. The van der Waals surface area contributed by atoms with Crippen molar-refractivity contribution in [2.45, 2.75) is 0 Å². The van der Waals surface area contributed by atoms with E-state index in [2.05, 4.69) is 10.3 Å². The summed E-state index contributed by atoms with van der Waals surface area (Å²) in [5.41, 5.74) is 7.78. The highest BCUT2D eigenvalue weighted by molar-refractivity contribution is 7.15. The lowest BCUT2D eigenvalue weighted by atomic mass is 10.1. The number of carbonyl (C=O) groups is 1. The standard InChI is InChI=1S/C18H13N5O3S/c19-14-6-3-12(9-16(14)23(25)26)17(24)20-13-4-1-11(2-5-13)15-10-22-7-8-27-18(22)21-15/h1-10H,19H2,(H,20,24). The molecule has 0 radical (unpaired) electrons. The molecule has 134 valence electrons. The molecule has 0 aliphatic rings. The Morgan fingerprint density at radius 3 is 2.70 bits per heavy atom. The Balaban J connectivity index is 1.53. The molecule has 2 aromatic heterocycles. The zero-order chi connectivity index (χ0) is 19.0. The molecular weight excluding hydrogens is 366 g/mol. The number of imidazole rings is 1. The largest absolute Gasteiger partial charge is 0.393 e. The molecule has 0 bridgehead atoms. The van der Waals surface area contributed by atoms with E-state index in [1.54, 1.807) is 23.5 Å². The van der Waals surface area contributed by atoms with Crippen LogP contribution in [-0.2, 0) is 0 Å². The molecule has 4 rings (SSSR count). The second-order valence-electron chi connectivity index (χ2n) is 5.78. The fourth-order valence-corrected chi connectivity index (χ4v) is 3.34. The third kappa shape index (κ3) is 3.23. The van der Waals surface area contributed by atoms with E-state index >= 15 is 0 Å². The van der Waals surface area contributed by atoms with Gasteiger partial charge >= 0.3 is 0 Å². The van der Waals surface area contributed by atoms with Gasteiger partial charge in [-0.25, -0.2) is 4.98 Å². The van der Waals surface area contributed by atoms with E-state index in [1.165, 1.54) is 12.1 Å². The van der Waals surface area contributed by atoms with E-state index in [9.17, 15) is 14.9 Å². The van der Waals surface area contributed by atoms with Gasteiger partial charge in [-0.05, 0) is 24.3 Å². The maximum Gasteiger partial charge on any atom is 0.292 e. The van der Waals surface area contributed by atoms with Gasteiger partial charge in [-0.1, -0.05) is 12.1 Å². The van der Waals surface area contributed by atoms with Crippen molar-refractivity contribution in [2.24, 2.45) is 0 Å². The third-order valence-electron chi connectivity index (χ3n) is 4.02. The smallest absolute Gasteiger partial charge is 0.292 e. The molecular formula is C18H13N5O3S. The lowest BCUT2D eigenvalue weighted by Crippen LogP contribution is -2.12. The fraction of sp³-hybridized carbons (Fsp3) is 0. The van der Waals surface area contributed by atoms with Crippen LogP contribution < -0.4 is 11.1 Å². The van der Waals surface area contributed by atoms with E-state index in [0.717, 1.165) is 22.3 Å². The molecule has 0 saturated carbocycles. The highest BCUT2D eigenvalue weighted by atomic mass is 32.1. The zero-order valence-corrected chi connectivity index (χ0v) is 14.6. The number of fused-ring (bicyclic) bond motifs is 1. The number of hydrogen-bond acceptors (Lipinski definition) is 6. The number of benzene rings is 2. The number of nitro groups is 1. The lowest BCUT2D eigenvalue weighted by molar-refractivity contribution is -0.383. The first-order valence-corrected chi connectivity index (χ1v) is 8.77. The van der Waals surface area contributed by atoms with Crippen LogP contribution in [0.3, 0.4) is 0 Å². The van der Waals surface area contributed by atoms with Crippen molar-refractivity contribution in [3.8, 4) is 11.3 Å². The van der Waals surface area contributed by atoms with Crippen molar-refractivity contribution in [3.63, 3.8) is 0 Å². The van der Waals surface area contributed by atoms with Crippen molar-refractivity contribution < 1.29 is 9.72 Å². The van der Waals surface area contributed by atoms with Gasteiger partial charge in [0.1, 0.15) is 5.69 Å². The Hall–Kier alpha value is -3.72. The predicted octanol–water partition coefficient (Wildman–Crippen LogP) is 3.81. The molecule has 0 aliphatic heterocycles. The topological polar surface area (TPSA) is 116 Å². The second kappa shape index (κ2) is 6.54. The molecule has 4 aromatic rings. The summed E-state index contributed by atoms with van der Waals surface area (Å²) in [5, 5.41) is 15.6. The highest BCUT2D eigenvalue weighted by Gasteiger charge is 2.16. The Bertz CT molecular complexity index is 1130. The SMILES string of the molecule is Nc1ccc(C(=O)Nc2ccc(-c3cn4ccsc4n3)cc2)cc1[N+](=O)[O-]. The molecule has 0 unspecified atom stereocenters. The van der Waals surface area contributed by atoms with Gasteiger partial charge in [-0.3, -0.25) is 19.3 Å². The summed E-state index contributed by atoms with van der Waals surface area (Å²) in [7, 11) is 0. The summed E-state index contributed by atoms with van der Waals surface area (Å²) < 4.78 is 1.95. The van der Waals surface area contributed by atoms with Crippen LogP contribution in [0.4, 0.5) is 17.1 Å². The first-order chi connectivity index (χ1) is 13.0. The fourth-order valence-electron chi connectivity index (χ4n) is 2.64. The molecule has 0 aliphatic carbocycles. The molecule has 2 heterocycles. The summed E-state index contributed by atoms with van der Waals surface area (Å²) in [6.45, 7) is 0. The van der Waals surface area contributed by atoms with Gasteiger partial charge in [0.15, 0.2) is 4.96 Å². The average Bonchev–Trinajstić information content (AvgIpc) is 3.24. The minimum absolute atomic E-state index is 0.0147. The zero-order valence-electron chi connectivity index (χ0n) is 13.8. The van der Waals surface area contributed by atoms with Crippen molar-refractivity contribution in [3.05, 3.63) is 75.9 Å². The van der Waals surface area contributed by atoms with Gasteiger partial charge < -0.3 is 11.1 Å². The van der Waals surface area contributed by atoms with Crippen LogP contribution in [0.2, 0.25) is 0 Å². The first kappa shape index (κ1) is 16.7. The van der Waals surface area contributed by atoms with Crippen LogP contribution in [-0.4, -0.2) is 20.2 Å². The van der Waals surface area contributed by atoms with Crippen LogP contribution in [0.15, 0.2) is 60.2 Å². The van der Waals surface area contributed by atoms with Crippen LogP contribution in [0.1, 0.15) is 10.4 Å². The van der Waals surface area contributed by atoms with E-state index in [0.29, 0.717) is 5.69 Å². The summed E-state index contributed by atoms with van der Waals surface area (Å²) in [4.78, 5) is 28.1. The number of nitrogens with two attached hydrogens (primary N) is 1. The van der Waals surface area contributed by atoms with E-state index in [-0.39, 0.29) is 16.9 Å². The van der Waals surface area contributed by atoms with Crippen LogP contribution in [0.25, 0.3) is 16.2 Å². The Morgan fingerprint density at radius 1 is 1.22 bits per heavy atom. The third-order valence-corrected chi connectivity index (χ3v) is 4.79. The van der Waals surface area contributed by atoms with Gasteiger partial charge in [0.25, 0.3) is 11.6 Å². The maximum absolute atomic E-state index is 12.3. The molecule has 27 heavy (non-hydrogen) atoms. The van der Waals surface area contributed by atoms with Crippen molar-refractivity contribution in [2.75, 3.05) is 11.1 Å². The molecule has 8 nitrogen and oxygen atoms in total. The monoisotopic (exact) mass is 379 g/mol. The maximum atomic E-state index is 12.3. The Labute approximate surface area is 157 Å². The van der Waals surface area contributed by atoms with Gasteiger partial charge in [0.05, 0.1) is 10.6 Å². The number of carbonyl (C=O) groups excluding carboxylic acids is 1. The predicted molar refractivity (Wildman–Crippen MR) is 104 cm³/mol. The minimum Gasteiger partial charge on any atom is -0.393 e. The number of nitrogens with one attached hydrogen (secondary N) is 1. The first-order valence-electron chi connectivity index (χ1n) is 7.89. The number of nitrogen functional groups attached to an aromatic ring is 1. The number of anilines is 2. The van der Waals surface area contributed by atoms with Crippen LogP contribution >= 0.6 is 11.3 Å². The molecule has 9 heteroatoms. The number of nitrogens with zero attached hydrogens (tertiary/aromatic N) is 3. The second-order valence-corrected chi connectivity index (χ2v) is 6.65. The molecule has 0 atom stereocenters. The van der Waals surface area contributed by atoms with E-state index in [1.807, 2.05) is 34.3 Å². The number of nitro benzene ring substituents is 1.